The van der Waals surface area contributed by atoms with Crippen molar-refractivity contribution >= 4 is 23.3 Å². The van der Waals surface area contributed by atoms with Gasteiger partial charge in [-0.05, 0) is 41.5 Å². The summed E-state index contributed by atoms with van der Waals surface area (Å²) in [7, 11) is 0. The van der Waals surface area contributed by atoms with Gasteiger partial charge in [0.15, 0.2) is 5.78 Å². The molecule has 2 aliphatic rings. The SMILES string of the molecule is CCc1ccc(C2CC(=O)NC3=C2C(=O)CC(c2ccccc2Cl)C3)cc1. The maximum Gasteiger partial charge on any atom is 0.225 e. The normalized spacial score (nSPS) is 22.4. The van der Waals surface area contributed by atoms with E-state index in [0.29, 0.717) is 24.3 Å². The number of Topliss-reactive ketones (excluding diaryl/α,β-unsaturated/α-hetero) is 1. The number of amides is 1. The number of allylic oxidation sites excluding steroid dienone is 2. The molecule has 0 saturated carbocycles. The maximum absolute atomic E-state index is 13.1. The first-order valence-corrected chi connectivity index (χ1v) is 9.84. The number of rotatable bonds is 3. The molecular weight excluding hydrogens is 358 g/mol. The molecule has 0 bridgehead atoms. The summed E-state index contributed by atoms with van der Waals surface area (Å²) in [5.41, 5.74) is 4.82. The van der Waals surface area contributed by atoms with E-state index in [0.717, 1.165) is 28.8 Å². The number of nitrogens with one attached hydrogen (secondary N) is 1. The number of halogens is 1. The highest BCUT2D eigenvalue weighted by Crippen LogP contribution is 2.43. The Kier molecular flexibility index (Phi) is 4.88. The van der Waals surface area contributed by atoms with Crippen molar-refractivity contribution in [1.29, 1.82) is 0 Å². The van der Waals surface area contributed by atoms with Crippen molar-refractivity contribution in [3.63, 3.8) is 0 Å². The first kappa shape index (κ1) is 18.0. The van der Waals surface area contributed by atoms with Crippen LogP contribution in [0.2, 0.25) is 5.02 Å². The lowest BCUT2D eigenvalue weighted by Crippen LogP contribution is -2.38. The van der Waals surface area contributed by atoms with E-state index in [2.05, 4.69) is 36.5 Å². The highest BCUT2D eigenvalue weighted by atomic mass is 35.5. The molecule has 138 valence electrons. The van der Waals surface area contributed by atoms with E-state index in [-0.39, 0.29) is 23.5 Å². The zero-order chi connectivity index (χ0) is 19.0. The molecule has 4 heteroatoms. The van der Waals surface area contributed by atoms with Crippen LogP contribution in [0.3, 0.4) is 0 Å². The third-order valence-corrected chi connectivity index (χ3v) is 6.02. The number of ketones is 1. The predicted molar refractivity (Wildman–Crippen MR) is 107 cm³/mol. The number of hydrogen-bond acceptors (Lipinski definition) is 2. The first-order valence-electron chi connectivity index (χ1n) is 9.46. The minimum Gasteiger partial charge on any atom is -0.329 e. The number of carbonyl (C=O) groups is 2. The highest BCUT2D eigenvalue weighted by Gasteiger charge is 2.38. The lowest BCUT2D eigenvalue weighted by molar-refractivity contribution is -0.122. The largest absolute Gasteiger partial charge is 0.329 e. The Morgan fingerprint density at radius 2 is 1.74 bits per heavy atom. The minimum atomic E-state index is -0.153. The van der Waals surface area contributed by atoms with Crippen LogP contribution in [0, 0.1) is 0 Å². The van der Waals surface area contributed by atoms with E-state index in [9.17, 15) is 9.59 Å². The van der Waals surface area contributed by atoms with Crippen molar-refractivity contribution in [1.82, 2.24) is 5.32 Å². The summed E-state index contributed by atoms with van der Waals surface area (Å²) in [6, 6.07) is 15.9. The predicted octanol–water partition coefficient (Wildman–Crippen LogP) is 4.91. The molecule has 2 atom stereocenters. The second kappa shape index (κ2) is 7.32. The molecule has 1 aliphatic carbocycles. The van der Waals surface area contributed by atoms with Crippen molar-refractivity contribution in [2.24, 2.45) is 0 Å². The Bertz CT molecular complexity index is 930. The van der Waals surface area contributed by atoms with Gasteiger partial charge in [0.1, 0.15) is 0 Å². The van der Waals surface area contributed by atoms with Crippen LogP contribution in [0.4, 0.5) is 0 Å². The zero-order valence-electron chi connectivity index (χ0n) is 15.3. The quantitative estimate of drug-likeness (QED) is 0.823. The van der Waals surface area contributed by atoms with E-state index >= 15 is 0 Å². The third kappa shape index (κ3) is 3.44. The molecule has 0 aromatic heterocycles. The number of hydrogen-bond donors (Lipinski definition) is 1. The summed E-state index contributed by atoms with van der Waals surface area (Å²) in [6.07, 6.45) is 2.37. The number of carbonyl (C=O) groups excluding carboxylic acids is 2. The van der Waals surface area contributed by atoms with E-state index in [4.69, 9.17) is 11.6 Å². The second-order valence-electron chi connectivity index (χ2n) is 7.34. The number of benzene rings is 2. The lowest BCUT2D eigenvalue weighted by Gasteiger charge is -2.34. The Hall–Kier alpha value is -2.39. The van der Waals surface area contributed by atoms with Crippen LogP contribution in [-0.4, -0.2) is 11.7 Å². The Balaban J connectivity index is 1.70. The van der Waals surface area contributed by atoms with Gasteiger partial charge >= 0.3 is 0 Å². The van der Waals surface area contributed by atoms with Gasteiger partial charge < -0.3 is 5.32 Å². The third-order valence-electron chi connectivity index (χ3n) is 5.67. The second-order valence-corrected chi connectivity index (χ2v) is 7.75. The molecule has 0 radical (unpaired) electrons. The lowest BCUT2D eigenvalue weighted by atomic mass is 9.73. The molecule has 0 saturated heterocycles. The average molecular weight is 380 g/mol. The summed E-state index contributed by atoms with van der Waals surface area (Å²) < 4.78 is 0. The number of aryl methyl sites for hydroxylation is 1. The fourth-order valence-corrected chi connectivity index (χ4v) is 4.55. The fourth-order valence-electron chi connectivity index (χ4n) is 4.26. The molecule has 3 nitrogen and oxygen atoms in total. The van der Waals surface area contributed by atoms with E-state index in [1.165, 1.54) is 5.56 Å². The van der Waals surface area contributed by atoms with Gasteiger partial charge in [0.2, 0.25) is 5.91 Å². The molecule has 4 rings (SSSR count). The summed E-state index contributed by atoms with van der Waals surface area (Å²) in [4.78, 5) is 25.4. The van der Waals surface area contributed by atoms with Gasteiger partial charge in [0.05, 0.1) is 0 Å². The standard InChI is InChI=1S/C23H22ClNO2/c1-2-14-7-9-15(10-8-14)18-13-22(27)25-20-11-16(12-21(26)23(18)20)17-5-3-4-6-19(17)24/h3-10,16,18H,2,11-13H2,1H3,(H,25,27). The van der Waals surface area contributed by atoms with Crippen LogP contribution in [0.25, 0.3) is 0 Å². The molecule has 1 N–H and O–H groups in total. The molecule has 0 fully saturated rings. The van der Waals surface area contributed by atoms with E-state index in [1.54, 1.807) is 0 Å². The van der Waals surface area contributed by atoms with Gasteiger partial charge in [-0.25, -0.2) is 0 Å². The van der Waals surface area contributed by atoms with E-state index < -0.39 is 0 Å². The molecule has 0 spiro atoms. The topological polar surface area (TPSA) is 46.2 Å². The molecule has 2 aromatic carbocycles. The molecule has 1 heterocycles. The Labute approximate surface area is 164 Å². The molecule has 27 heavy (non-hydrogen) atoms. The highest BCUT2D eigenvalue weighted by molar-refractivity contribution is 6.31. The van der Waals surface area contributed by atoms with Crippen LogP contribution >= 0.6 is 11.6 Å². The summed E-state index contributed by atoms with van der Waals surface area (Å²) in [5.74, 6) is -0.0533. The van der Waals surface area contributed by atoms with Gasteiger partial charge in [-0.1, -0.05) is 61.0 Å². The summed E-state index contributed by atoms with van der Waals surface area (Å²) in [6.45, 7) is 2.11. The van der Waals surface area contributed by atoms with Crippen molar-refractivity contribution < 1.29 is 9.59 Å². The fraction of sp³-hybridized carbons (Fsp3) is 0.304. The van der Waals surface area contributed by atoms with E-state index in [1.807, 2.05) is 24.3 Å². The van der Waals surface area contributed by atoms with Gasteiger partial charge in [-0.2, -0.15) is 0 Å². The van der Waals surface area contributed by atoms with Crippen molar-refractivity contribution in [3.05, 3.63) is 81.5 Å². The van der Waals surface area contributed by atoms with Crippen LogP contribution in [0.15, 0.2) is 59.8 Å². The molecule has 2 unspecified atom stereocenters. The van der Waals surface area contributed by atoms with Gasteiger partial charge in [0.25, 0.3) is 0 Å². The average Bonchev–Trinajstić information content (AvgIpc) is 2.67. The van der Waals surface area contributed by atoms with Crippen LogP contribution in [-0.2, 0) is 16.0 Å². The monoisotopic (exact) mass is 379 g/mol. The molecular formula is C23H22ClNO2. The van der Waals surface area contributed by atoms with Crippen LogP contribution in [0.5, 0.6) is 0 Å². The molecule has 1 aliphatic heterocycles. The Morgan fingerprint density at radius 3 is 2.44 bits per heavy atom. The summed E-state index contributed by atoms with van der Waals surface area (Å²) in [5, 5.41) is 3.64. The van der Waals surface area contributed by atoms with Crippen molar-refractivity contribution in [2.45, 2.75) is 44.4 Å². The first-order chi connectivity index (χ1) is 13.1. The summed E-state index contributed by atoms with van der Waals surface area (Å²) >= 11 is 6.35. The van der Waals surface area contributed by atoms with Gasteiger partial charge in [-0.15, -0.1) is 0 Å². The Morgan fingerprint density at radius 1 is 1.00 bits per heavy atom. The van der Waals surface area contributed by atoms with Crippen LogP contribution < -0.4 is 5.32 Å². The minimum absolute atomic E-state index is 0.00599. The van der Waals surface area contributed by atoms with Gasteiger partial charge in [0, 0.05) is 35.1 Å². The van der Waals surface area contributed by atoms with Crippen molar-refractivity contribution in [3.8, 4) is 0 Å². The van der Waals surface area contributed by atoms with Crippen LogP contribution in [0.1, 0.15) is 54.7 Å². The smallest absolute Gasteiger partial charge is 0.225 e. The maximum atomic E-state index is 13.1. The van der Waals surface area contributed by atoms with Crippen molar-refractivity contribution in [2.75, 3.05) is 0 Å². The molecule has 1 amide bonds. The molecule has 2 aromatic rings. The van der Waals surface area contributed by atoms with Gasteiger partial charge in [-0.3, -0.25) is 9.59 Å². The zero-order valence-corrected chi connectivity index (χ0v) is 16.1.